The van der Waals surface area contributed by atoms with Crippen LogP contribution in [0.5, 0.6) is 0 Å². The van der Waals surface area contributed by atoms with Gasteiger partial charge in [-0.1, -0.05) is 49.6 Å². The number of aryl methyl sites for hydroxylation is 1. The van der Waals surface area contributed by atoms with Gasteiger partial charge in [0.1, 0.15) is 11.0 Å². The number of aromatic nitrogens is 1. The maximum Gasteiger partial charge on any atom is 0.312 e. The second-order valence-electron chi connectivity index (χ2n) is 6.25. The summed E-state index contributed by atoms with van der Waals surface area (Å²) < 4.78 is 0. The van der Waals surface area contributed by atoms with E-state index in [1.165, 1.54) is 5.56 Å². The Morgan fingerprint density at radius 2 is 2.00 bits per heavy atom. The van der Waals surface area contributed by atoms with E-state index in [4.69, 9.17) is 5.73 Å². The number of primary amides is 1. The number of thiazole rings is 1. The predicted octanol–water partition coefficient (Wildman–Crippen LogP) is 3.00. The molecule has 26 heavy (non-hydrogen) atoms. The van der Waals surface area contributed by atoms with E-state index in [0.717, 1.165) is 29.1 Å². The number of carbonyl (C=O) groups is 2. The molecule has 0 radical (unpaired) electrons. The van der Waals surface area contributed by atoms with E-state index in [0.29, 0.717) is 19.4 Å². The minimum absolute atomic E-state index is 0.203. The second-order valence-corrected chi connectivity index (χ2v) is 7.11. The van der Waals surface area contributed by atoms with Gasteiger partial charge in [0.25, 0.3) is 0 Å². The minimum atomic E-state index is -0.677. The number of unbranched alkanes of at least 4 members (excludes halogenated alkanes) is 1. The Balaban J connectivity index is 1.85. The fourth-order valence-corrected chi connectivity index (χ4v) is 3.40. The highest BCUT2D eigenvalue weighted by Crippen LogP contribution is 2.24. The Bertz CT molecular complexity index is 727. The molecule has 1 unspecified atom stereocenters. The fourth-order valence-electron chi connectivity index (χ4n) is 2.54. The Morgan fingerprint density at radius 3 is 2.65 bits per heavy atom. The molecule has 4 N–H and O–H groups in total. The van der Waals surface area contributed by atoms with Gasteiger partial charge in [-0.25, -0.2) is 9.78 Å². The van der Waals surface area contributed by atoms with E-state index in [9.17, 15) is 9.59 Å². The molecule has 2 aromatic rings. The lowest BCUT2D eigenvalue weighted by molar-refractivity contribution is -0.123. The molecule has 0 saturated heterocycles. The van der Waals surface area contributed by atoms with E-state index in [2.05, 4.69) is 46.8 Å². The molecule has 0 saturated carbocycles. The first kappa shape index (κ1) is 19.9. The van der Waals surface area contributed by atoms with E-state index >= 15 is 0 Å². The van der Waals surface area contributed by atoms with E-state index in [1.54, 1.807) is 11.3 Å². The molecule has 7 heteroatoms. The zero-order valence-electron chi connectivity index (χ0n) is 15.2. The van der Waals surface area contributed by atoms with Crippen molar-refractivity contribution in [2.24, 2.45) is 5.73 Å². The Kier molecular flexibility index (Phi) is 7.59. The molecule has 0 spiro atoms. The van der Waals surface area contributed by atoms with Crippen molar-refractivity contribution in [3.8, 4) is 10.6 Å². The van der Waals surface area contributed by atoms with Crippen molar-refractivity contribution in [3.05, 3.63) is 40.9 Å². The van der Waals surface area contributed by atoms with Crippen molar-refractivity contribution < 1.29 is 9.59 Å². The molecule has 1 heterocycles. The van der Waals surface area contributed by atoms with Gasteiger partial charge in [-0.15, -0.1) is 11.3 Å². The first-order valence-corrected chi connectivity index (χ1v) is 9.72. The fraction of sp³-hybridized carbons (Fsp3) is 0.421. The van der Waals surface area contributed by atoms with E-state index in [-0.39, 0.29) is 5.91 Å². The quantitative estimate of drug-likeness (QED) is 0.629. The van der Waals surface area contributed by atoms with Gasteiger partial charge in [0, 0.05) is 23.9 Å². The van der Waals surface area contributed by atoms with Gasteiger partial charge in [0.15, 0.2) is 0 Å². The Morgan fingerprint density at radius 1 is 1.27 bits per heavy atom. The summed E-state index contributed by atoms with van der Waals surface area (Å²) in [5.41, 5.74) is 8.41. The molecular formula is C19H26N4O2S. The average molecular weight is 375 g/mol. The van der Waals surface area contributed by atoms with E-state index in [1.807, 2.05) is 12.3 Å². The average Bonchev–Trinajstić information content (AvgIpc) is 3.07. The van der Waals surface area contributed by atoms with Crippen LogP contribution in [0.25, 0.3) is 10.6 Å². The Hall–Kier alpha value is -2.41. The van der Waals surface area contributed by atoms with Crippen molar-refractivity contribution in [1.82, 2.24) is 15.6 Å². The molecule has 140 valence electrons. The van der Waals surface area contributed by atoms with Crippen LogP contribution in [0.3, 0.4) is 0 Å². The smallest absolute Gasteiger partial charge is 0.312 e. The van der Waals surface area contributed by atoms with Crippen molar-refractivity contribution in [1.29, 1.82) is 0 Å². The second kappa shape index (κ2) is 9.91. The number of nitrogens with one attached hydrogen (secondary N) is 2. The highest BCUT2D eigenvalue weighted by atomic mass is 32.1. The van der Waals surface area contributed by atoms with Crippen LogP contribution in [-0.2, 0) is 11.2 Å². The number of hydrogen-bond acceptors (Lipinski definition) is 4. The summed E-state index contributed by atoms with van der Waals surface area (Å²) in [7, 11) is 0. The predicted molar refractivity (Wildman–Crippen MR) is 105 cm³/mol. The maximum atomic E-state index is 12.2. The molecule has 1 aromatic carbocycles. The van der Waals surface area contributed by atoms with Crippen molar-refractivity contribution >= 4 is 23.3 Å². The largest absolute Gasteiger partial charge is 0.354 e. The summed E-state index contributed by atoms with van der Waals surface area (Å²) in [4.78, 5) is 27.9. The summed E-state index contributed by atoms with van der Waals surface area (Å²) >= 11 is 1.60. The standard InChI is InChI=1S/C19H26N4O2S/c1-3-4-5-16(23-19(20)25)17(24)21-11-10-15-12-26-18(22-15)14-8-6-13(2)7-9-14/h6-9,12,16H,3-5,10-11H2,1-2H3,(H,21,24)(H3,20,23,25). The minimum Gasteiger partial charge on any atom is -0.354 e. The summed E-state index contributed by atoms with van der Waals surface area (Å²) in [6, 6.07) is 7.01. The molecule has 3 amide bonds. The van der Waals surface area contributed by atoms with Crippen LogP contribution in [0.15, 0.2) is 29.6 Å². The van der Waals surface area contributed by atoms with Crippen LogP contribution in [0.1, 0.15) is 37.4 Å². The Labute approximate surface area is 158 Å². The molecule has 0 aliphatic carbocycles. The third-order valence-electron chi connectivity index (χ3n) is 4.01. The lowest BCUT2D eigenvalue weighted by atomic mass is 10.1. The van der Waals surface area contributed by atoms with Crippen molar-refractivity contribution in [3.63, 3.8) is 0 Å². The number of carbonyl (C=O) groups excluding carboxylic acids is 2. The summed E-state index contributed by atoms with van der Waals surface area (Å²) in [5.74, 6) is -0.203. The van der Waals surface area contributed by atoms with Crippen LogP contribution < -0.4 is 16.4 Å². The molecule has 1 atom stereocenters. The van der Waals surface area contributed by atoms with Gasteiger partial charge in [0.2, 0.25) is 5.91 Å². The summed E-state index contributed by atoms with van der Waals surface area (Å²) in [5, 5.41) is 8.35. The first-order valence-electron chi connectivity index (χ1n) is 8.84. The van der Waals surface area contributed by atoms with E-state index < -0.39 is 12.1 Å². The zero-order valence-corrected chi connectivity index (χ0v) is 16.1. The lowest BCUT2D eigenvalue weighted by Gasteiger charge is -2.16. The van der Waals surface area contributed by atoms with Gasteiger partial charge >= 0.3 is 6.03 Å². The third kappa shape index (κ3) is 6.15. The number of nitrogens with two attached hydrogens (primary N) is 1. The molecule has 0 aliphatic heterocycles. The molecule has 6 nitrogen and oxygen atoms in total. The van der Waals surface area contributed by atoms with Crippen LogP contribution in [0.2, 0.25) is 0 Å². The van der Waals surface area contributed by atoms with Gasteiger partial charge in [-0.3, -0.25) is 4.79 Å². The third-order valence-corrected chi connectivity index (χ3v) is 4.95. The summed E-state index contributed by atoms with van der Waals surface area (Å²) in [6.07, 6.45) is 3.03. The van der Waals surface area contributed by atoms with Gasteiger partial charge in [-0.2, -0.15) is 0 Å². The molecule has 0 fully saturated rings. The van der Waals surface area contributed by atoms with Crippen molar-refractivity contribution in [2.75, 3.05) is 6.54 Å². The molecule has 1 aromatic heterocycles. The molecule has 2 rings (SSSR count). The zero-order chi connectivity index (χ0) is 18.9. The van der Waals surface area contributed by atoms with Gasteiger partial charge in [-0.05, 0) is 13.3 Å². The number of urea groups is 1. The molecule has 0 aliphatic rings. The first-order chi connectivity index (χ1) is 12.5. The highest BCUT2D eigenvalue weighted by molar-refractivity contribution is 7.13. The topological polar surface area (TPSA) is 97.1 Å². The highest BCUT2D eigenvalue weighted by Gasteiger charge is 2.18. The number of benzene rings is 1. The van der Waals surface area contributed by atoms with Crippen LogP contribution in [0.4, 0.5) is 4.79 Å². The monoisotopic (exact) mass is 374 g/mol. The van der Waals surface area contributed by atoms with Crippen LogP contribution in [-0.4, -0.2) is 29.5 Å². The number of rotatable bonds is 9. The summed E-state index contributed by atoms with van der Waals surface area (Å²) in [6.45, 7) is 4.56. The van der Waals surface area contributed by atoms with Gasteiger partial charge in [0.05, 0.1) is 5.69 Å². The normalized spacial score (nSPS) is 11.8. The number of amides is 3. The van der Waals surface area contributed by atoms with Gasteiger partial charge < -0.3 is 16.4 Å². The number of hydrogen-bond donors (Lipinski definition) is 3. The maximum absolute atomic E-state index is 12.2. The van der Waals surface area contributed by atoms with Crippen molar-refractivity contribution in [2.45, 2.75) is 45.6 Å². The van der Waals surface area contributed by atoms with Crippen LogP contribution >= 0.6 is 11.3 Å². The molecular weight excluding hydrogens is 348 g/mol. The molecule has 0 bridgehead atoms. The lowest BCUT2D eigenvalue weighted by Crippen LogP contribution is -2.48. The van der Waals surface area contributed by atoms with Crippen LogP contribution in [0, 0.1) is 6.92 Å². The SMILES string of the molecule is CCCCC(NC(N)=O)C(=O)NCCc1csc(-c2ccc(C)cc2)n1. The number of nitrogens with zero attached hydrogens (tertiary/aromatic N) is 1.